The standard InChI is InChI=1S/C10H18N2O3/c1-6(2)9(13)12-7-4-8(11-5-7)10(14)15-3/h6-8,11H,4-5H2,1-3H3,(H,12,13)/t7-,8+/m0/s1. The number of hydrogen-bond donors (Lipinski definition) is 2. The Hall–Kier alpha value is -1.10. The predicted octanol–water partition coefficient (Wildman–Crippen LogP) is -0.338. The topological polar surface area (TPSA) is 67.4 Å². The average Bonchev–Trinajstić information content (AvgIpc) is 2.65. The van der Waals surface area contributed by atoms with E-state index in [4.69, 9.17) is 0 Å². The SMILES string of the molecule is COC(=O)[C@H]1C[C@H](NC(=O)C(C)C)CN1. The number of carbonyl (C=O) groups is 2. The molecular formula is C10H18N2O3. The van der Waals surface area contributed by atoms with Crippen molar-refractivity contribution in [1.82, 2.24) is 10.6 Å². The molecule has 2 atom stereocenters. The molecule has 0 aliphatic carbocycles. The molecule has 0 bridgehead atoms. The lowest BCUT2D eigenvalue weighted by Crippen LogP contribution is -2.38. The molecule has 86 valence electrons. The van der Waals surface area contributed by atoms with Crippen LogP contribution in [0.1, 0.15) is 20.3 Å². The molecule has 0 aromatic carbocycles. The van der Waals surface area contributed by atoms with Crippen molar-refractivity contribution in [1.29, 1.82) is 0 Å². The normalized spacial score (nSPS) is 25.3. The van der Waals surface area contributed by atoms with E-state index in [0.717, 1.165) is 0 Å². The first-order chi connectivity index (χ1) is 7.04. The van der Waals surface area contributed by atoms with E-state index in [1.54, 1.807) is 0 Å². The van der Waals surface area contributed by atoms with Crippen LogP contribution in [-0.4, -0.2) is 37.6 Å². The quantitative estimate of drug-likeness (QED) is 0.631. The van der Waals surface area contributed by atoms with Gasteiger partial charge in [-0.05, 0) is 6.42 Å². The van der Waals surface area contributed by atoms with E-state index < -0.39 is 0 Å². The van der Waals surface area contributed by atoms with Crippen molar-refractivity contribution in [2.45, 2.75) is 32.4 Å². The van der Waals surface area contributed by atoms with Gasteiger partial charge in [0.25, 0.3) is 0 Å². The highest BCUT2D eigenvalue weighted by Gasteiger charge is 2.31. The van der Waals surface area contributed by atoms with Crippen LogP contribution in [0, 0.1) is 5.92 Å². The van der Waals surface area contributed by atoms with Crippen LogP contribution in [0.25, 0.3) is 0 Å². The van der Waals surface area contributed by atoms with E-state index in [-0.39, 0.29) is 29.9 Å². The first-order valence-corrected chi connectivity index (χ1v) is 5.16. The molecule has 1 amide bonds. The fourth-order valence-electron chi connectivity index (χ4n) is 1.54. The Morgan fingerprint density at radius 2 is 2.13 bits per heavy atom. The summed E-state index contributed by atoms with van der Waals surface area (Å²) in [6.07, 6.45) is 0.602. The molecule has 0 unspecified atom stereocenters. The lowest BCUT2D eigenvalue weighted by Gasteiger charge is -2.13. The maximum atomic E-state index is 11.4. The van der Waals surface area contributed by atoms with Crippen LogP contribution in [0.3, 0.4) is 0 Å². The zero-order chi connectivity index (χ0) is 11.4. The molecule has 0 saturated carbocycles. The van der Waals surface area contributed by atoms with Crippen molar-refractivity contribution < 1.29 is 14.3 Å². The lowest BCUT2D eigenvalue weighted by molar-refractivity contribution is -0.142. The van der Waals surface area contributed by atoms with Crippen LogP contribution in [0.15, 0.2) is 0 Å². The van der Waals surface area contributed by atoms with E-state index in [1.165, 1.54) is 7.11 Å². The molecule has 2 N–H and O–H groups in total. The van der Waals surface area contributed by atoms with Gasteiger partial charge in [-0.25, -0.2) is 0 Å². The van der Waals surface area contributed by atoms with Gasteiger partial charge in [-0.2, -0.15) is 0 Å². The van der Waals surface area contributed by atoms with Crippen molar-refractivity contribution in [3.63, 3.8) is 0 Å². The second kappa shape index (κ2) is 5.11. The van der Waals surface area contributed by atoms with Crippen molar-refractivity contribution in [2.75, 3.05) is 13.7 Å². The monoisotopic (exact) mass is 214 g/mol. The maximum Gasteiger partial charge on any atom is 0.322 e. The predicted molar refractivity (Wildman–Crippen MR) is 55.2 cm³/mol. The third-order valence-corrected chi connectivity index (χ3v) is 2.49. The Balaban J connectivity index is 2.37. The van der Waals surface area contributed by atoms with Crippen molar-refractivity contribution in [3.8, 4) is 0 Å². The highest BCUT2D eigenvalue weighted by molar-refractivity contribution is 5.79. The highest BCUT2D eigenvalue weighted by atomic mass is 16.5. The fourth-order valence-corrected chi connectivity index (χ4v) is 1.54. The van der Waals surface area contributed by atoms with Crippen LogP contribution in [0.4, 0.5) is 0 Å². The van der Waals surface area contributed by atoms with Crippen LogP contribution >= 0.6 is 0 Å². The van der Waals surface area contributed by atoms with Crippen molar-refractivity contribution >= 4 is 11.9 Å². The van der Waals surface area contributed by atoms with Gasteiger partial charge < -0.3 is 15.4 Å². The Bertz CT molecular complexity index is 253. The van der Waals surface area contributed by atoms with Crippen molar-refractivity contribution in [2.24, 2.45) is 5.92 Å². The molecule has 0 radical (unpaired) electrons. The minimum absolute atomic E-state index is 0.0207. The number of methoxy groups -OCH3 is 1. The summed E-state index contributed by atoms with van der Waals surface area (Å²) in [5, 5.41) is 5.89. The van der Waals surface area contributed by atoms with E-state index in [0.29, 0.717) is 13.0 Å². The van der Waals surface area contributed by atoms with E-state index in [2.05, 4.69) is 15.4 Å². The average molecular weight is 214 g/mol. The van der Waals surface area contributed by atoms with E-state index in [9.17, 15) is 9.59 Å². The van der Waals surface area contributed by atoms with Crippen LogP contribution in [0.5, 0.6) is 0 Å². The third kappa shape index (κ3) is 3.20. The molecule has 1 fully saturated rings. The molecule has 0 spiro atoms. The van der Waals surface area contributed by atoms with Crippen LogP contribution < -0.4 is 10.6 Å². The van der Waals surface area contributed by atoms with Gasteiger partial charge in [-0.1, -0.05) is 13.8 Å². The van der Waals surface area contributed by atoms with Gasteiger partial charge >= 0.3 is 5.97 Å². The maximum absolute atomic E-state index is 11.4. The van der Waals surface area contributed by atoms with Gasteiger partial charge in [0, 0.05) is 18.5 Å². The second-order valence-electron chi connectivity index (χ2n) is 4.08. The Morgan fingerprint density at radius 3 is 2.67 bits per heavy atom. The summed E-state index contributed by atoms with van der Waals surface area (Å²) in [4.78, 5) is 22.6. The van der Waals surface area contributed by atoms with Gasteiger partial charge in [-0.15, -0.1) is 0 Å². The minimum atomic E-state index is -0.285. The van der Waals surface area contributed by atoms with Crippen molar-refractivity contribution in [3.05, 3.63) is 0 Å². The summed E-state index contributed by atoms with van der Waals surface area (Å²) in [6.45, 7) is 4.31. The van der Waals surface area contributed by atoms with E-state index in [1.807, 2.05) is 13.8 Å². The number of carbonyl (C=O) groups excluding carboxylic acids is 2. The first kappa shape index (κ1) is 12.0. The summed E-state index contributed by atoms with van der Waals surface area (Å²) in [7, 11) is 1.37. The summed E-state index contributed by atoms with van der Waals surface area (Å²) in [6, 6.07) is -0.253. The molecule has 1 saturated heterocycles. The largest absolute Gasteiger partial charge is 0.468 e. The van der Waals surface area contributed by atoms with E-state index >= 15 is 0 Å². The molecule has 1 aliphatic heterocycles. The number of rotatable bonds is 3. The summed E-state index contributed by atoms with van der Waals surface area (Å²) in [5.74, 6) is -0.272. The highest BCUT2D eigenvalue weighted by Crippen LogP contribution is 2.08. The van der Waals surface area contributed by atoms with Crippen LogP contribution in [0.2, 0.25) is 0 Å². The Labute approximate surface area is 89.6 Å². The number of nitrogens with one attached hydrogen (secondary N) is 2. The molecule has 15 heavy (non-hydrogen) atoms. The van der Waals surface area contributed by atoms with Gasteiger partial charge in [0.1, 0.15) is 6.04 Å². The smallest absolute Gasteiger partial charge is 0.322 e. The van der Waals surface area contributed by atoms with Gasteiger partial charge in [0.2, 0.25) is 5.91 Å². The van der Waals surface area contributed by atoms with Crippen LogP contribution in [-0.2, 0) is 14.3 Å². The van der Waals surface area contributed by atoms with Gasteiger partial charge in [0.05, 0.1) is 7.11 Å². The molecule has 5 heteroatoms. The zero-order valence-electron chi connectivity index (χ0n) is 9.37. The van der Waals surface area contributed by atoms with Gasteiger partial charge in [0.15, 0.2) is 0 Å². The third-order valence-electron chi connectivity index (χ3n) is 2.49. The molecule has 1 rings (SSSR count). The second-order valence-corrected chi connectivity index (χ2v) is 4.08. The molecular weight excluding hydrogens is 196 g/mol. The number of amides is 1. The summed E-state index contributed by atoms with van der Waals surface area (Å²) in [5.41, 5.74) is 0. The summed E-state index contributed by atoms with van der Waals surface area (Å²) < 4.78 is 4.62. The number of ether oxygens (including phenoxy) is 1. The molecule has 1 heterocycles. The molecule has 5 nitrogen and oxygen atoms in total. The molecule has 0 aromatic heterocycles. The Kier molecular flexibility index (Phi) is 4.08. The first-order valence-electron chi connectivity index (χ1n) is 5.16. The van der Waals surface area contributed by atoms with Gasteiger partial charge in [-0.3, -0.25) is 9.59 Å². The summed E-state index contributed by atoms with van der Waals surface area (Å²) >= 11 is 0. The minimum Gasteiger partial charge on any atom is -0.468 e. The number of hydrogen-bond acceptors (Lipinski definition) is 4. The number of esters is 1. The fraction of sp³-hybridized carbons (Fsp3) is 0.800. The molecule has 0 aromatic rings. The lowest BCUT2D eigenvalue weighted by atomic mass is 10.1. The molecule has 1 aliphatic rings. The zero-order valence-corrected chi connectivity index (χ0v) is 9.37. The Morgan fingerprint density at radius 1 is 1.47 bits per heavy atom.